The van der Waals surface area contributed by atoms with Crippen molar-refractivity contribution in [1.82, 2.24) is 4.98 Å². The minimum absolute atomic E-state index is 0.120. The summed E-state index contributed by atoms with van der Waals surface area (Å²) in [4.78, 5) is 15.4. The average Bonchev–Trinajstić information content (AvgIpc) is 2.24. The predicted octanol–water partition coefficient (Wildman–Crippen LogP) is 2.49. The fourth-order valence-electron chi connectivity index (χ4n) is 1.09. The van der Waals surface area contributed by atoms with Gasteiger partial charge in [0, 0.05) is 6.61 Å². The van der Waals surface area contributed by atoms with Gasteiger partial charge >= 0.3 is 0 Å². The summed E-state index contributed by atoms with van der Waals surface area (Å²) < 4.78 is 5.21. The lowest BCUT2D eigenvalue weighted by Crippen LogP contribution is -2.15. The Kier molecular flexibility index (Phi) is 5.82. The third-order valence-corrected chi connectivity index (χ3v) is 2.02. The molecule has 0 saturated carbocycles. The van der Waals surface area contributed by atoms with Gasteiger partial charge in [0.15, 0.2) is 0 Å². The molecule has 5 heteroatoms. The molecule has 4 nitrogen and oxygen atoms in total. The van der Waals surface area contributed by atoms with Crippen molar-refractivity contribution in [1.29, 1.82) is 0 Å². The normalized spacial score (nSPS) is 10.1. The third kappa shape index (κ3) is 5.09. The van der Waals surface area contributed by atoms with Crippen molar-refractivity contribution in [2.24, 2.45) is 0 Å². The summed E-state index contributed by atoms with van der Waals surface area (Å²) in [6.07, 6.45) is 1.28. The number of carbonyl (C=O) groups excluding carboxylic acids is 1. The van der Waals surface area contributed by atoms with Gasteiger partial charge in [-0.15, -0.1) is 0 Å². The Morgan fingerprint density at radius 3 is 3.00 bits per heavy atom. The van der Waals surface area contributed by atoms with E-state index in [9.17, 15) is 4.79 Å². The highest BCUT2D eigenvalue weighted by Gasteiger charge is 2.03. The number of ether oxygens (including phenoxy) is 1. The van der Waals surface area contributed by atoms with Gasteiger partial charge in [0.1, 0.15) is 11.0 Å². The summed E-state index contributed by atoms with van der Waals surface area (Å²) >= 11 is 5.69. The highest BCUT2D eigenvalue weighted by molar-refractivity contribution is 6.29. The van der Waals surface area contributed by atoms with E-state index in [0.29, 0.717) is 30.6 Å². The lowest BCUT2D eigenvalue weighted by atomic mass is 10.4. The number of hydrogen-bond donors (Lipinski definition) is 1. The largest absolute Gasteiger partial charge is 0.381 e. The van der Waals surface area contributed by atoms with Crippen molar-refractivity contribution in [3.8, 4) is 0 Å². The van der Waals surface area contributed by atoms with E-state index in [1.807, 2.05) is 6.92 Å². The van der Waals surface area contributed by atoms with Gasteiger partial charge in [-0.1, -0.05) is 24.6 Å². The zero-order valence-corrected chi connectivity index (χ0v) is 9.96. The molecule has 0 aliphatic carbocycles. The second-order valence-electron chi connectivity index (χ2n) is 3.26. The summed E-state index contributed by atoms with van der Waals surface area (Å²) in [6, 6.07) is 5.08. The number of halogens is 1. The van der Waals surface area contributed by atoms with Crippen LogP contribution in [0.15, 0.2) is 18.2 Å². The Morgan fingerprint density at radius 1 is 1.50 bits per heavy atom. The Labute approximate surface area is 100.0 Å². The molecule has 16 heavy (non-hydrogen) atoms. The van der Waals surface area contributed by atoms with E-state index in [4.69, 9.17) is 16.3 Å². The quantitative estimate of drug-likeness (QED) is 0.616. The highest BCUT2D eigenvalue weighted by atomic mass is 35.5. The SMILES string of the molecule is CCCOCCC(=O)Nc1cccc(Cl)n1. The third-order valence-electron chi connectivity index (χ3n) is 1.80. The van der Waals surface area contributed by atoms with Crippen molar-refractivity contribution in [3.63, 3.8) is 0 Å². The van der Waals surface area contributed by atoms with Gasteiger partial charge in [0.05, 0.1) is 13.0 Å². The summed E-state index contributed by atoms with van der Waals surface area (Å²) in [5.74, 6) is 0.346. The van der Waals surface area contributed by atoms with Gasteiger partial charge in [0.25, 0.3) is 0 Å². The van der Waals surface area contributed by atoms with E-state index >= 15 is 0 Å². The van der Waals surface area contributed by atoms with Crippen LogP contribution in [0.4, 0.5) is 5.82 Å². The van der Waals surface area contributed by atoms with Crippen LogP contribution in [-0.4, -0.2) is 24.1 Å². The highest BCUT2D eigenvalue weighted by Crippen LogP contribution is 2.09. The number of anilines is 1. The van der Waals surface area contributed by atoms with Gasteiger partial charge in [-0.25, -0.2) is 4.98 Å². The lowest BCUT2D eigenvalue weighted by molar-refractivity contribution is -0.117. The van der Waals surface area contributed by atoms with Crippen LogP contribution in [0.5, 0.6) is 0 Å². The molecule has 88 valence electrons. The number of nitrogens with zero attached hydrogens (tertiary/aromatic N) is 1. The van der Waals surface area contributed by atoms with Crippen molar-refractivity contribution >= 4 is 23.3 Å². The van der Waals surface area contributed by atoms with Crippen LogP contribution in [0.3, 0.4) is 0 Å². The van der Waals surface area contributed by atoms with Crippen molar-refractivity contribution in [3.05, 3.63) is 23.4 Å². The first-order valence-corrected chi connectivity index (χ1v) is 5.60. The number of pyridine rings is 1. The topological polar surface area (TPSA) is 51.2 Å². The van der Waals surface area contributed by atoms with Crippen LogP contribution in [0.1, 0.15) is 19.8 Å². The van der Waals surface area contributed by atoms with Crippen LogP contribution in [-0.2, 0) is 9.53 Å². The molecule has 1 amide bonds. The summed E-state index contributed by atoms with van der Waals surface area (Å²) in [6.45, 7) is 3.14. The van der Waals surface area contributed by atoms with Crippen LogP contribution >= 0.6 is 11.6 Å². The average molecular weight is 243 g/mol. The van der Waals surface area contributed by atoms with Crippen LogP contribution in [0.2, 0.25) is 5.15 Å². The molecule has 1 N–H and O–H groups in total. The summed E-state index contributed by atoms with van der Waals surface area (Å²) in [5.41, 5.74) is 0. The zero-order valence-electron chi connectivity index (χ0n) is 9.20. The second-order valence-corrected chi connectivity index (χ2v) is 3.64. The van der Waals surface area contributed by atoms with E-state index in [1.54, 1.807) is 18.2 Å². The molecule has 0 atom stereocenters. The molecule has 0 fully saturated rings. The first-order chi connectivity index (χ1) is 7.72. The lowest BCUT2D eigenvalue weighted by Gasteiger charge is -2.04. The molecule has 0 aromatic carbocycles. The maximum absolute atomic E-state index is 11.4. The zero-order chi connectivity index (χ0) is 11.8. The second kappa shape index (κ2) is 7.19. The Balaban J connectivity index is 2.29. The first-order valence-electron chi connectivity index (χ1n) is 5.22. The fourth-order valence-corrected chi connectivity index (χ4v) is 1.26. The molecular formula is C11H15ClN2O2. The number of nitrogens with one attached hydrogen (secondary N) is 1. The molecule has 0 saturated heterocycles. The molecule has 0 radical (unpaired) electrons. The molecule has 0 aliphatic heterocycles. The van der Waals surface area contributed by atoms with Gasteiger partial charge in [-0.2, -0.15) is 0 Å². The van der Waals surface area contributed by atoms with Crippen LogP contribution in [0, 0.1) is 0 Å². The maximum Gasteiger partial charge on any atom is 0.227 e. The molecule has 0 bridgehead atoms. The number of aromatic nitrogens is 1. The number of rotatable bonds is 6. The van der Waals surface area contributed by atoms with E-state index in [-0.39, 0.29) is 5.91 Å². The monoisotopic (exact) mass is 242 g/mol. The molecule has 1 rings (SSSR count). The number of hydrogen-bond acceptors (Lipinski definition) is 3. The first kappa shape index (κ1) is 12.9. The van der Waals surface area contributed by atoms with Crippen molar-refractivity contribution in [2.75, 3.05) is 18.5 Å². The molecule has 0 spiro atoms. The van der Waals surface area contributed by atoms with Crippen molar-refractivity contribution < 1.29 is 9.53 Å². The summed E-state index contributed by atoms with van der Waals surface area (Å²) in [7, 11) is 0. The minimum Gasteiger partial charge on any atom is -0.381 e. The Hall–Kier alpha value is -1.13. The van der Waals surface area contributed by atoms with Gasteiger partial charge < -0.3 is 10.1 Å². The van der Waals surface area contributed by atoms with E-state index in [2.05, 4.69) is 10.3 Å². The Morgan fingerprint density at radius 2 is 2.31 bits per heavy atom. The minimum atomic E-state index is -0.120. The molecule has 0 unspecified atom stereocenters. The maximum atomic E-state index is 11.4. The summed E-state index contributed by atoms with van der Waals surface area (Å²) in [5, 5.41) is 3.01. The van der Waals surface area contributed by atoms with E-state index < -0.39 is 0 Å². The predicted molar refractivity (Wildman–Crippen MR) is 63.6 cm³/mol. The molecule has 1 aromatic rings. The van der Waals surface area contributed by atoms with E-state index in [1.165, 1.54) is 0 Å². The van der Waals surface area contributed by atoms with Crippen LogP contribution in [0.25, 0.3) is 0 Å². The number of amides is 1. The Bertz CT molecular complexity index is 345. The molecule has 0 aliphatic rings. The van der Waals surface area contributed by atoms with Crippen LogP contribution < -0.4 is 5.32 Å². The van der Waals surface area contributed by atoms with Gasteiger partial charge in [-0.05, 0) is 18.6 Å². The molecule has 1 aromatic heterocycles. The smallest absolute Gasteiger partial charge is 0.227 e. The van der Waals surface area contributed by atoms with Crippen molar-refractivity contribution in [2.45, 2.75) is 19.8 Å². The fraction of sp³-hybridized carbons (Fsp3) is 0.455. The number of carbonyl (C=O) groups is 1. The molecular weight excluding hydrogens is 228 g/mol. The van der Waals surface area contributed by atoms with E-state index in [0.717, 1.165) is 6.42 Å². The molecule has 1 heterocycles. The van der Waals surface area contributed by atoms with Gasteiger partial charge in [-0.3, -0.25) is 4.79 Å². The standard InChI is InChI=1S/C11H15ClN2O2/c1-2-7-16-8-6-11(15)14-10-5-3-4-9(12)13-10/h3-5H,2,6-8H2,1H3,(H,13,14,15). The van der Waals surface area contributed by atoms with Gasteiger partial charge in [0.2, 0.25) is 5.91 Å².